The Labute approximate surface area is 119 Å². The first-order chi connectivity index (χ1) is 9.74. The summed E-state index contributed by atoms with van der Waals surface area (Å²) in [5, 5.41) is 2.67. The topological polar surface area (TPSA) is 55.4 Å². The first-order valence-corrected chi connectivity index (χ1v) is 7.20. The van der Waals surface area contributed by atoms with Crippen LogP contribution in [0.1, 0.15) is 30.9 Å². The number of carbonyl (C=O) groups excluding carboxylic acids is 2. The molecule has 2 rings (SSSR count). The number of nitrogens with one attached hydrogen (secondary N) is 1. The van der Waals surface area contributed by atoms with Crippen molar-refractivity contribution < 1.29 is 14.3 Å². The third-order valence-electron chi connectivity index (χ3n) is 3.75. The standard InChI is InChI=1S/C16H21NO3/c1-2-3-8-20-16(19)17-15(11-18)14-9-12-6-4-5-7-13(12)10-14/h4-7,11,14-15H,2-3,8-10H2,1H3,(H,17,19). The van der Waals surface area contributed by atoms with Gasteiger partial charge in [-0.05, 0) is 36.3 Å². The molecule has 1 atom stereocenters. The van der Waals surface area contributed by atoms with Crippen LogP contribution in [-0.2, 0) is 22.4 Å². The summed E-state index contributed by atoms with van der Waals surface area (Å²) in [4.78, 5) is 22.9. The summed E-state index contributed by atoms with van der Waals surface area (Å²) >= 11 is 0. The van der Waals surface area contributed by atoms with Crippen molar-refractivity contribution in [3.63, 3.8) is 0 Å². The fourth-order valence-electron chi connectivity index (χ4n) is 2.60. The Kier molecular flexibility index (Phi) is 5.16. The molecule has 0 radical (unpaired) electrons. The van der Waals surface area contributed by atoms with E-state index in [1.165, 1.54) is 11.1 Å². The molecule has 0 fully saturated rings. The smallest absolute Gasteiger partial charge is 0.407 e. The van der Waals surface area contributed by atoms with Crippen LogP contribution in [0.3, 0.4) is 0 Å². The lowest BCUT2D eigenvalue weighted by Gasteiger charge is -2.18. The lowest BCUT2D eigenvalue weighted by atomic mass is 9.98. The van der Waals surface area contributed by atoms with Gasteiger partial charge in [-0.1, -0.05) is 37.6 Å². The van der Waals surface area contributed by atoms with Crippen LogP contribution in [0.4, 0.5) is 4.79 Å². The van der Waals surface area contributed by atoms with Crippen molar-refractivity contribution in [3.8, 4) is 0 Å². The van der Waals surface area contributed by atoms with Crippen molar-refractivity contribution in [2.45, 2.75) is 38.6 Å². The number of alkyl carbamates (subject to hydrolysis) is 1. The lowest BCUT2D eigenvalue weighted by Crippen LogP contribution is -2.42. The Morgan fingerprint density at radius 1 is 1.40 bits per heavy atom. The Balaban J connectivity index is 1.87. The minimum atomic E-state index is -0.494. The van der Waals surface area contributed by atoms with E-state index >= 15 is 0 Å². The van der Waals surface area contributed by atoms with Gasteiger partial charge in [0.1, 0.15) is 6.29 Å². The number of rotatable bonds is 6. The van der Waals surface area contributed by atoms with Crippen molar-refractivity contribution in [2.75, 3.05) is 6.61 Å². The number of hydrogen-bond donors (Lipinski definition) is 1. The van der Waals surface area contributed by atoms with Crippen LogP contribution in [0.25, 0.3) is 0 Å². The zero-order valence-corrected chi connectivity index (χ0v) is 11.8. The number of hydrogen-bond acceptors (Lipinski definition) is 3. The zero-order valence-electron chi connectivity index (χ0n) is 11.8. The fourth-order valence-corrected chi connectivity index (χ4v) is 2.60. The SMILES string of the molecule is CCCCOC(=O)NC(C=O)C1Cc2ccccc2C1. The van der Waals surface area contributed by atoms with Crippen molar-refractivity contribution in [1.29, 1.82) is 0 Å². The van der Waals surface area contributed by atoms with Crippen molar-refractivity contribution in [2.24, 2.45) is 5.92 Å². The highest BCUT2D eigenvalue weighted by atomic mass is 16.5. The quantitative estimate of drug-likeness (QED) is 0.641. The first-order valence-electron chi connectivity index (χ1n) is 7.20. The molecule has 1 amide bonds. The largest absolute Gasteiger partial charge is 0.450 e. The highest BCUT2D eigenvalue weighted by Crippen LogP contribution is 2.28. The van der Waals surface area contributed by atoms with E-state index in [2.05, 4.69) is 17.4 Å². The molecule has 0 saturated heterocycles. The second-order valence-electron chi connectivity index (χ2n) is 5.23. The summed E-state index contributed by atoms with van der Waals surface area (Å²) < 4.78 is 5.04. The monoisotopic (exact) mass is 275 g/mol. The summed E-state index contributed by atoms with van der Waals surface area (Å²) in [6.45, 7) is 2.43. The van der Waals surface area contributed by atoms with Gasteiger partial charge < -0.3 is 14.8 Å². The number of aldehydes is 1. The Bertz CT molecular complexity index is 448. The highest BCUT2D eigenvalue weighted by Gasteiger charge is 2.29. The minimum absolute atomic E-state index is 0.128. The van der Waals surface area contributed by atoms with Gasteiger partial charge in [0.25, 0.3) is 0 Å². The molecule has 0 bridgehead atoms. The first kappa shape index (κ1) is 14.6. The summed E-state index contributed by atoms with van der Waals surface area (Å²) in [6, 6.07) is 7.69. The summed E-state index contributed by atoms with van der Waals surface area (Å²) in [5.74, 6) is 0.128. The summed E-state index contributed by atoms with van der Waals surface area (Å²) in [5.41, 5.74) is 2.54. The van der Waals surface area contributed by atoms with Crippen molar-refractivity contribution in [1.82, 2.24) is 5.32 Å². The van der Waals surface area contributed by atoms with E-state index in [0.717, 1.165) is 32.0 Å². The van der Waals surface area contributed by atoms with E-state index in [4.69, 9.17) is 4.74 Å². The minimum Gasteiger partial charge on any atom is -0.450 e. The van der Waals surface area contributed by atoms with E-state index in [1.54, 1.807) is 0 Å². The van der Waals surface area contributed by atoms with E-state index in [-0.39, 0.29) is 5.92 Å². The molecular formula is C16H21NO3. The third kappa shape index (κ3) is 3.59. The summed E-state index contributed by atoms with van der Waals surface area (Å²) in [7, 11) is 0. The predicted molar refractivity (Wildman–Crippen MR) is 76.6 cm³/mol. The molecule has 0 heterocycles. The third-order valence-corrected chi connectivity index (χ3v) is 3.75. The molecular weight excluding hydrogens is 254 g/mol. The van der Waals surface area contributed by atoms with Gasteiger partial charge in [-0.15, -0.1) is 0 Å². The number of unbranched alkanes of at least 4 members (excludes halogenated alkanes) is 1. The van der Waals surface area contributed by atoms with Crippen LogP contribution in [0.2, 0.25) is 0 Å². The van der Waals surface area contributed by atoms with Gasteiger partial charge in [0.05, 0.1) is 12.6 Å². The maximum absolute atomic E-state index is 11.6. The van der Waals surface area contributed by atoms with Crippen LogP contribution in [0, 0.1) is 5.92 Å². The molecule has 1 N–H and O–H groups in total. The van der Waals surface area contributed by atoms with Crippen LogP contribution in [0.15, 0.2) is 24.3 Å². The molecule has 1 aliphatic rings. The lowest BCUT2D eigenvalue weighted by molar-refractivity contribution is -0.110. The fraction of sp³-hybridized carbons (Fsp3) is 0.500. The molecule has 0 spiro atoms. The molecule has 1 aliphatic carbocycles. The van der Waals surface area contributed by atoms with Gasteiger partial charge in [-0.25, -0.2) is 4.79 Å². The van der Waals surface area contributed by atoms with Gasteiger partial charge in [0.15, 0.2) is 0 Å². The molecule has 1 aromatic carbocycles. The summed E-state index contributed by atoms with van der Waals surface area (Å²) in [6.07, 6.45) is 3.80. The highest BCUT2D eigenvalue weighted by molar-refractivity contribution is 5.73. The van der Waals surface area contributed by atoms with Gasteiger partial charge in [0, 0.05) is 0 Å². The molecule has 108 valence electrons. The predicted octanol–water partition coefficient (Wildman–Crippen LogP) is 2.50. The normalized spacial score (nSPS) is 15.4. The van der Waals surface area contributed by atoms with E-state index < -0.39 is 12.1 Å². The number of amides is 1. The van der Waals surface area contributed by atoms with Gasteiger partial charge >= 0.3 is 6.09 Å². The second kappa shape index (κ2) is 7.08. The van der Waals surface area contributed by atoms with Gasteiger partial charge in [-0.2, -0.15) is 0 Å². The molecule has 1 unspecified atom stereocenters. The van der Waals surface area contributed by atoms with Crippen LogP contribution in [0.5, 0.6) is 0 Å². The average Bonchev–Trinajstić information content (AvgIpc) is 2.88. The Hall–Kier alpha value is -1.84. The Morgan fingerprint density at radius 2 is 2.05 bits per heavy atom. The molecule has 4 heteroatoms. The van der Waals surface area contributed by atoms with Crippen molar-refractivity contribution in [3.05, 3.63) is 35.4 Å². The van der Waals surface area contributed by atoms with Crippen molar-refractivity contribution >= 4 is 12.4 Å². The number of ether oxygens (including phenoxy) is 1. The second-order valence-corrected chi connectivity index (χ2v) is 5.23. The molecule has 0 aliphatic heterocycles. The van der Waals surface area contributed by atoms with Gasteiger partial charge in [0.2, 0.25) is 0 Å². The van der Waals surface area contributed by atoms with Gasteiger partial charge in [-0.3, -0.25) is 0 Å². The maximum atomic E-state index is 11.6. The molecule has 1 aromatic rings. The van der Waals surface area contributed by atoms with Crippen LogP contribution in [-0.4, -0.2) is 25.0 Å². The molecule has 0 aromatic heterocycles. The average molecular weight is 275 g/mol. The van der Waals surface area contributed by atoms with E-state index in [1.807, 2.05) is 19.1 Å². The molecule has 4 nitrogen and oxygen atoms in total. The zero-order chi connectivity index (χ0) is 14.4. The van der Waals surface area contributed by atoms with Crippen LogP contribution >= 0.6 is 0 Å². The molecule has 0 saturated carbocycles. The number of fused-ring (bicyclic) bond motifs is 1. The van der Waals surface area contributed by atoms with E-state index in [0.29, 0.717) is 6.61 Å². The Morgan fingerprint density at radius 3 is 2.60 bits per heavy atom. The number of benzene rings is 1. The van der Waals surface area contributed by atoms with E-state index in [9.17, 15) is 9.59 Å². The number of carbonyl (C=O) groups is 2. The molecule has 20 heavy (non-hydrogen) atoms. The maximum Gasteiger partial charge on any atom is 0.407 e. The van der Waals surface area contributed by atoms with Crippen LogP contribution < -0.4 is 5.32 Å².